The van der Waals surface area contributed by atoms with Gasteiger partial charge in [0.15, 0.2) is 0 Å². The van der Waals surface area contributed by atoms with Crippen LogP contribution in [-0.2, 0) is 10.8 Å². The maximum absolute atomic E-state index is 6.03. The van der Waals surface area contributed by atoms with Gasteiger partial charge in [0, 0.05) is 11.3 Å². The van der Waals surface area contributed by atoms with E-state index in [1.807, 2.05) is 12.1 Å². The van der Waals surface area contributed by atoms with E-state index in [0.717, 1.165) is 22.8 Å². The highest BCUT2D eigenvalue weighted by molar-refractivity contribution is 7.80. The van der Waals surface area contributed by atoms with E-state index in [9.17, 15) is 0 Å². The third-order valence-electron chi connectivity index (χ3n) is 5.63. The molecule has 0 aliphatic heterocycles. The van der Waals surface area contributed by atoms with Crippen LogP contribution in [0, 0.1) is 5.41 Å². The molecule has 0 spiro atoms. The molecule has 0 saturated heterocycles. The van der Waals surface area contributed by atoms with E-state index >= 15 is 0 Å². The van der Waals surface area contributed by atoms with Crippen molar-refractivity contribution in [3.05, 3.63) is 95.3 Å². The molecule has 0 atom stereocenters. The quantitative estimate of drug-likeness (QED) is 0.437. The van der Waals surface area contributed by atoms with Crippen LogP contribution in [0.1, 0.15) is 79.9 Å². The Labute approximate surface area is 208 Å². The summed E-state index contributed by atoms with van der Waals surface area (Å²) in [6.45, 7) is 20.0. The van der Waals surface area contributed by atoms with E-state index in [1.54, 1.807) is 0 Å². The zero-order valence-electron chi connectivity index (χ0n) is 22.0. The lowest BCUT2D eigenvalue weighted by molar-refractivity contribution is 0.415. The Balaban J connectivity index is 0.000000294. The van der Waals surface area contributed by atoms with Crippen molar-refractivity contribution in [2.45, 2.75) is 84.5 Å². The number of hydrogen-bond donors (Lipinski definition) is 1. The summed E-state index contributed by atoms with van der Waals surface area (Å²) in [5.74, 6) is 1.89. The standard InChI is InChI=1S/C21H28O.C10H14S/c1-20(2,3)16-8-7-9-18(13-10-16)22-19-14-11-17(12-15-19)21(4,5)6;1-10(2,3)8-4-6-9(11)7-5-8/h7-8,10-15H,9H2,1-6H3;4-7,11H,1-3H3. The van der Waals surface area contributed by atoms with Gasteiger partial charge in [0.05, 0.1) is 0 Å². The average molecular weight is 463 g/mol. The molecule has 1 aliphatic carbocycles. The molecule has 2 aromatic rings. The Morgan fingerprint density at radius 2 is 1.12 bits per heavy atom. The SMILES string of the molecule is CC(C)(C)C1=CC=C(Oc2ccc(C(C)(C)C)cc2)CC=C1.CC(C)(C)c1ccc(S)cc1. The number of ether oxygens (including phenoxy) is 1. The summed E-state index contributed by atoms with van der Waals surface area (Å²) >= 11 is 4.23. The molecular formula is C31H42OS. The molecular weight excluding hydrogens is 420 g/mol. The van der Waals surface area contributed by atoms with E-state index in [-0.39, 0.29) is 16.2 Å². The predicted octanol–water partition coefficient (Wildman–Crippen LogP) is 9.45. The van der Waals surface area contributed by atoms with Gasteiger partial charge < -0.3 is 4.74 Å². The first-order valence-electron chi connectivity index (χ1n) is 11.8. The molecule has 1 aliphatic rings. The van der Waals surface area contributed by atoms with Crippen LogP contribution in [0.25, 0.3) is 0 Å². The summed E-state index contributed by atoms with van der Waals surface area (Å²) < 4.78 is 6.03. The molecule has 1 nitrogen and oxygen atoms in total. The summed E-state index contributed by atoms with van der Waals surface area (Å²) in [7, 11) is 0. The molecule has 0 N–H and O–H groups in total. The maximum Gasteiger partial charge on any atom is 0.126 e. The van der Waals surface area contributed by atoms with Gasteiger partial charge in [0.1, 0.15) is 11.5 Å². The highest BCUT2D eigenvalue weighted by Gasteiger charge is 2.16. The zero-order valence-corrected chi connectivity index (χ0v) is 22.9. The van der Waals surface area contributed by atoms with Gasteiger partial charge in [-0.2, -0.15) is 0 Å². The average Bonchev–Trinajstić information content (AvgIpc) is 2.93. The molecule has 0 heterocycles. The largest absolute Gasteiger partial charge is 0.461 e. The van der Waals surface area contributed by atoms with Gasteiger partial charge >= 0.3 is 0 Å². The van der Waals surface area contributed by atoms with Crippen LogP contribution >= 0.6 is 12.6 Å². The molecule has 2 heteroatoms. The Hall–Kier alpha value is -2.19. The Kier molecular flexibility index (Phi) is 8.88. The minimum Gasteiger partial charge on any atom is -0.461 e. The number of thiol groups is 1. The van der Waals surface area contributed by atoms with Crippen LogP contribution in [0.4, 0.5) is 0 Å². The fourth-order valence-corrected chi connectivity index (χ4v) is 3.47. The van der Waals surface area contributed by atoms with Crippen LogP contribution in [0.5, 0.6) is 5.75 Å². The second-order valence-electron chi connectivity index (χ2n) is 11.8. The smallest absolute Gasteiger partial charge is 0.126 e. The van der Waals surface area contributed by atoms with E-state index in [1.165, 1.54) is 16.7 Å². The van der Waals surface area contributed by atoms with Gasteiger partial charge in [-0.25, -0.2) is 0 Å². The van der Waals surface area contributed by atoms with E-state index in [4.69, 9.17) is 4.74 Å². The van der Waals surface area contributed by atoms with Crippen molar-refractivity contribution in [1.82, 2.24) is 0 Å². The topological polar surface area (TPSA) is 9.23 Å². The Bertz CT molecular complexity index is 983. The lowest BCUT2D eigenvalue weighted by Crippen LogP contribution is -2.10. The molecule has 0 radical (unpaired) electrons. The first kappa shape index (κ1) is 27.1. The molecule has 0 bridgehead atoms. The van der Waals surface area contributed by atoms with Gasteiger partial charge in [0.25, 0.3) is 0 Å². The summed E-state index contributed by atoms with van der Waals surface area (Å²) in [5, 5.41) is 0. The summed E-state index contributed by atoms with van der Waals surface area (Å²) in [6.07, 6.45) is 9.48. The summed E-state index contributed by atoms with van der Waals surface area (Å²) in [4.78, 5) is 1.03. The van der Waals surface area contributed by atoms with E-state index in [2.05, 4.69) is 136 Å². The third-order valence-corrected chi connectivity index (χ3v) is 5.93. The molecule has 0 unspecified atom stereocenters. The van der Waals surface area contributed by atoms with Crippen LogP contribution < -0.4 is 4.74 Å². The van der Waals surface area contributed by atoms with Crippen molar-refractivity contribution in [2.24, 2.45) is 5.41 Å². The van der Waals surface area contributed by atoms with Crippen molar-refractivity contribution >= 4 is 12.6 Å². The molecule has 2 aromatic carbocycles. The maximum atomic E-state index is 6.03. The fourth-order valence-electron chi connectivity index (χ4n) is 3.32. The van der Waals surface area contributed by atoms with Gasteiger partial charge in [-0.1, -0.05) is 105 Å². The molecule has 3 rings (SSSR count). The normalized spacial score (nSPS) is 14.5. The number of benzene rings is 2. The minimum absolute atomic E-state index is 0.163. The van der Waals surface area contributed by atoms with Gasteiger partial charge in [-0.05, 0) is 63.3 Å². The van der Waals surface area contributed by atoms with E-state index in [0.29, 0.717) is 0 Å². The van der Waals surface area contributed by atoms with Crippen molar-refractivity contribution in [1.29, 1.82) is 0 Å². The first-order valence-corrected chi connectivity index (χ1v) is 12.3. The Morgan fingerprint density at radius 3 is 1.58 bits per heavy atom. The van der Waals surface area contributed by atoms with Crippen molar-refractivity contribution in [3.63, 3.8) is 0 Å². The second-order valence-corrected chi connectivity index (χ2v) is 12.3. The summed E-state index contributed by atoms with van der Waals surface area (Å²) in [6, 6.07) is 16.7. The van der Waals surface area contributed by atoms with Crippen molar-refractivity contribution in [2.75, 3.05) is 0 Å². The molecule has 0 fully saturated rings. The molecule has 178 valence electrons. The molecule has 0 saturated carbocycles. The lowest BCUT2D eigenvalue weighted by Gasteiger charge is -2.19. The van der Waals surface area contributed by atoms with Gasteiger partial charge in [-0.15, -0.1) is 12.6 Å². The highest BCUT2D eigenvalue weighted by atomic mass is 32.1. The minimum atomic E-state index is 0.163. The van der Waals surface area contributed by atoms with Gasteiger partial charge in [0.2, 0.25) is 0 Å². The van der Waals surface area contributed by atoms with Crippen LogP contribution in [0.3, 0.4) is 0 Å². The number of allylic oxidation sites excluding steroid dienone is 5. The van der Waals surface area contributed by atoms with Crippen molar-refractivity contribution < 1.29 is 4.74 Å². The van der Waals surface area contributed by atoms with Crippen LogP contribution in [0.2, 0.25) is 0 Å². The second kappa shape index (κ2) is 10.8. The first-order chi connectivity index (χ1) is 15.2. The third kappa shape index (κ3) is 8.93. The zero-order chi connectivity index (χ0) is 24.9. The number of hydrogen-bond acceptors (Lipinski definition) is 2. The van der Waals surface area contributed by atoms with Crippen LogP contribution in [0.15, 0.2) is 89.1 Å². The monoisotopic (exact) mass is 462 g/mol. The molecule has 33 heavy (non-hydrogen) atoms. The van der Waals surface area contributed by atoms with Crippen molar-refractivity contribution in [3.8, 4) is 5.75 Å². The van der Waals surface area contributed by atoms with Crippen LogP contribution in [-0.4, -0.2) is 0 Å². The van der Waals surface area contributed by atoms with E-state index < -0.39 is 0 Å². The number of rotatable bonds is 2. The molecule has 0 aromatic heterocycles. The molecule has 0 amide bonds. The Morgan fingerprint density at radius 1 is 0.636 bits per heavy atom. The summed E-state index contributed by atoms with van der Waals surface area (Å²) in [5.41, 5.74) is 4.60. The predicted molar refractivity (Wildman–Crippen MR) is 148 cm³/mol. The fraction of sp³-hybridized carbons (Fsp3) is 0.419. The highest BCUT2D eigenvalue weighted by Crippen LogP contribution is 2.30. The lowest BCUT2D eigenvalue weighted by atomic mass is 9.86. The van der Waals surface area contributed by atoms with Gasteiger partial charge in [-0.3, -0.25) is 0 Å².